The molecule has 0 aromatic carbocycles. The summed E-state index contributed by atoms with van der Waals surface area (Å²) in [5.74, 6) is 0.413. The van der Waals surface area contributed by atoms with E-state index in [1.807, 2.05) is 0 Å². The zero-order valence-corrected chi connectivity index (χ0v) is 11.1. The predicted molar refractivity (Wildman–Crippen MR) is 66.7 cm³/mol. The molecule has 0 bridgehead atoms. The highest BCUT2D eigenvalue weighted by Gasteiger charge is 2.33. The lowest BCUT2D eigenvalue weighted by molar-refractivity contribution is -0.141. The average Bonchev–Trinajstić information content (AvgIpc) is 2.27. The van der Waals surface area contributed by atoms with Gasteiger partial charge in [-0.05, 0) is 36.8 Å². The van der Waals surface area contributed by atoms with E-state index < -0.39 is 11.9 Å². The van der Waals surface area contributed by atoms with Crippen LogP contribution < -0.4 is 5.32 Å². The van der Waals surface area contributed by atoms with Crippen molar-refractivity contribution in [2.45, 2.75) is 51.7 Å². The minimum Gasteiger partial charge on any atom is -0.366 e. The first-order valence-corrected chi connectivity index (χ1v) is 6.44. The second-order valence-electron chi connectivity index (χ2n) is 5.90. The maximum atomic E-state index is 12.4. The smallest absolute Gasteiger partial charge is 0.366 e. The SMILES string of the molecule is CC1(C)CCCC(Nc2ccc(C(F)(F)F)nn2)C1. The van der Waals surface area contributed by atoms with E-state index in [2.05, 4.69) is 29.4 Å². The first kappa shape index (κ1) is 14.1. The van der Waals surface area contributed by atoms with Gasteiger partial charge < -0.3 is 5.32 Å². The second kappa shape index (κ2) is 4.98. The van der Waals surface area contributed by atoms with E-state index in [4.69, 9.17) is 0 Å². The minimum absolute atomic E-state index is 0.259. The lowest BCUT2D eigenvalue weighted by Gasteiger charge is -2.35. The highest BCUT2D eigenvalue weighted by atomic mass is 19.4. The minimum atomic E-state index is -4.43. The van der Waals surface area contributed by atoms with Crippen molar-refractivity contribution >= 4 is 5.82 Å². The molecule has 0 saturated heterocycles. The van der Waals surface area contributed by atoms with Gasteiger partial charge in [0.2, 0.25) is 0 Å². The Bertz CT molecular complexity index is 426. The number of rotatable bonds is 2. The average molecular weight is 273 g/mol. The van der Waals surface area contributed by atoms with Gasteiger partial charge in [0.15, 0.2) is 5.69 Å². The molecular formula is C13H18F3N3. The van der Waals surface area contributed by atoms with Crippen LogP contribution in [-0.4, -0.2) is 16.2 Å². The molecule has 1 atom stereocenters. The summed E-state index contributed by atoms with van der Waals surface area (Å²) in [5.41, 5.74) is -0.683. The molecule has 1 aromatic rings. The summed E-state index contributed by atoms with van der Waals surface area (Å²) >= 11 is 0. The Kier molecular flexibility index (Phi) is 3.69. The monoisotopic (exact) mass is 273 g/mol. The van der Waals surface area contributed by atoms with Crippen LogP contribution in [0.25, 0.3) is 0 Å². The van der Waals surface area contributed by atoms with Crippen LogP contribution in [0.2, 0.25) is 0 Å². The van der Waals surface area contributed by atoms with Gasteiger partial charge >= 0.3 is 6.18 Å². The third kappa shape index (κ3) is 3.81. The lowest BCUT2D eigenvalue weighted by atomic mass is 9.75. The van der Waals surface area contributed by atoms with Gasteiger partial charge in [0, 0.05) is 6.04 Å². The van der Waals surface area contributed by atoms with Crippen molar-refractivity contribution in [2.75, 3.05) is 5.32 Å². The molecule has 1 heterocycles. The van der Waals surface area contributed by atoms with Crippen LogP contribution in [0.4, 0.5) is 19.0 Å². The van der Waals surface area contributed by atoms with Crippen molar-refractivity contribution < 1.29 is 13.2 Å². The summed E-state index contributed by atoms with van der Waals surface area (Å²) in [7, 11) is 0. The molecule has 2 rings (SSSR count). The lowest BCUT2D eigenvalue weighted by Crippen LogP contribution is -2.32. The van der Waals surface area contributed by atoms with E-state index in [0.717, 1.165) is 25.3 Å². The van der Waals surface area contributed by atoms with Gasteiger partial charge in [-0.25, -0.2) is 0 Å². The first-order valence-electron chi connectivity index (χ1n) is 6.44. The fraction of sp³-hybridized carbons (Fsp3) is 0.692. The molecule has 1 fully saturated rings. The van der Waals surface area contributed by atoms with E-state index in [0.29, 0.717) is 5.82 Å². The van der Waals surface area contributed by atoms with Crippen LogP contribution in [0.1, 0.15) is 45.2 Å². The molecule has 6 heteroatoms. The summed E-state index contributed by atoms with van der Waals surface area (Å²) in [5, 5.41) is 9.99. The largest absolute Gasteiger partial charge is 0.435 e. The van der Waals surface area contributed by atoms with Gasteiger partial charge in [-0.1, -0.05) is 20.3 Å². The molecule has 1 saturated carbocycles. The first-order chi connectivity index (χ1) is 8.76. The van der Waals surface area contributed by atoms with Crippen molar-refractivity contribution in [3.63, 3.8) is 0 Å². The van der Waals surface area contributed by atoms with Crippen LogP contribution in [0.3, 0.4) is 0 Å². The molecule has 0 spiro atoms. The molecule has 106 valence electrons. The standard InChI is InChI=1S/C13H18F3N3/c1-12(2)7-3-4-9(8-12)17-11-6-5-10(18-19-11)13(14,15)16/h5-6,9H,3-4,7-8H2,1-2H3,(H,17,19). The summed E-state index contributed by atoms with van der Waals surface area (Å²) < 4.78 is 37.1. The fourth-order valence-corrected chi connectivity index (χ4v) is 2.59. The number of hydrogen-bond donors (Lipinski definition) is 1. The molecule has 1 aliphatic rings. The van der Waals surface area contributed by atoms with E-state index in [-0.39, 0.29) is 11.5 Å². The Labute approximate surface area is 110 Å². The number of hydrogen-bond acceptors (Lipinski definition) is 3. The molecular weight excluding hydrogens is 255 g/mol. The highest BCUT2D eigenvalue weighted by Crippen LogP contribution is 2.36. The van der Waals surface area contributed by atoms with Gasteiger partial charge in [0.1, 0.15) is 5.82 Å². The topological polar surface area (TPSA) is 37.8 Å². The molecule has 1 N–H and O–H groups in total. The number of nitrogens with zero attached hydrogens (tertiary/aromatic N) is 2. The van der Waals surface area contributed by atoms with Crippen molar-refractivity contribution in [1.29, 1.82) is 0 Å². The van der Waals surface area contributed by atoms with E-state index in [1.54, 1.807) is 0 Å². The zero-order valence-electron chi connectivity index (χ0n) is 11.1. The van der Waals surface area contributed by atoms with Crippen LogP contribution in [0, 0.1) is 5.41 Å². The summed E-state index contributed by atoms with van der Waals surface area (Å²) in [6.45, 7) is 4.42. The number of alkyl halides is 3. The van der Waals surface area contributed by atoms with Gasteiger partial charge in [0.25, 0.3) is 0 Å². The van der Waals surface area contributed by atoms with Gasteiger partial charge in [-0.15, -0.1) is 10.2 Å². The molecule has 1 aliphatic carbocycles. The summed E-state index contributed by atoms with van der Waals surface area (Å²) in [4.78, 5) is 0. The molecule has 0 aliphatic heterocycles. The molecule has 1 unspecified atom stereocenters. The number of halogens is 3. The Morgan fingerprint density at radius 3 is 2.53 bits per heavy atom. The fourth-order valence-electron chi connectivity index (χ4n) is 2.59. The van der Waals surface area contributed by atoms with E-state index >= 15 is 0 Å². The Morgan fingerprint density at radius 1 is 1.26 bits per heavy atom. The van der Waals surface area contributed by atoms with Crippen molar-refractivity contribution in [2.24, 2.45) is 5.41 Å². The third-order valence-corrected chi connectivity index (χ3v) is 3.51. The van der Waals surface area contributed by atoms with Crippen LogP contribution in [0.5, 0.6) is 0 Å². The Balaban J connectivity index is 2.00. The normalized spacial score (nSPS) is 23.1. The highest BCUT2D eigenvalue weighted by molar-refractivity contribution is 5.34. The molecule has 0 radical (unpaired) electrons. The van der Waals surface area contributed by atoms with Gasteiger partial charge in [-0.3, -0.25) is 0 Å². The van der Waals surface area contributed by atoms with Gasteiger partial charge in [-0.2, -0.15) is 13.2 Å². The maximum absolute atomic E-state index is 12.4. The maximum Gasteiger partial charge on any atom is 0.435 e. The zero-order chi connectivity index (χ0) is 14.1. The van der Waals surface area contributed by atoms with Crippen molar-refractivity contribution in [1.82, 2.24) is 10.2 Å². The van der Waals surface area contributed by atoms with Crippen LogP contribution in [0.15, 0.2) is 12.1 Å². The summed E-state index contributed by atoms with van der Waals surface area (Å²) in [6, 6.07) is 2.57. The Hall–Kier alpha value is -1.33. The number of nitrogens with one attached hydrogen (secondary N) is 1. The molecule has 0 amide bonds. The quantitative estimate of drug-likeness (QED) is 0.888. The van der Waals surface area contributed by atoms with Crippen LogP contribution in [-0.2, 0) is 6.18 Å². The second-order valence-corrected chi connectivity index (χ2v) is 5.90. The number of anilines is 1. The molecule has 3 nitrogen and oxygen atoms in total. The Morgan fingerprint density at radius 2 is 2.00 bits per heavy atom. The molecule has 19 heavy (non-hydrogen) atoms. The van der Waals surface area contributed by atoms with Gasteiger partial charge in [0.05, 0.1) is 0 Å². The molecule has 1 aromatic heterocycles. The third-order valence-electron chi connectivity index (χ3n) is 3.51. The van der Waals surface area contributed by atoms with Crippen molar-refractivity contribution in [3.05, 3.63) is 17.8 Å². The van der Waals surface area contributed by atoms with Crippen molar-refractivity contribution in [3.8, 4) is 0 Å². The van der Waals surface area contributed by atoms with E-state index in [9.17, 15) is 13.2 Å². The summed E-state index contributed by atoms with van der Waals surface area (Å²) in [6.07, 6.45) is -0.108. The van der Waals surface area contributed by atoms with E-state index in [1.165, 1.54) is 12.5 Å². The van der Waals surface area contributed by atoms with Crippen LogP contribution >= 0.6 is 0 Å². The number of aromatic nitrogens is 2. The predicted octanol–water partition coefficient (Wildman–Crippen LogP) is 3.88.